The molecule has 1 N–H and O–H groups in total. The molecule has 0 radical (unpaired) electrons. The quantitative estimate of drug-likeness (QED) is 0.702. The Morgan fingerprint density at radius 1 is 1.37 bits per heavy atom. The molecule has 1 aliphatic heterocycles. The van der Waals surface area contributed by atoms with Gasteiger partial charge in [-0.15, -0.1) is 0 Å². The fourth-order valence-electron chi connectivity index (χ4n) is 2.49. The molecule has 0 unspecified atom stereocenters. The van der Waals surface area contributed by atoms with E-state index >= 15 is 0 Å². The van der Waals surface area contributed by atoms with Crippen LogP contribution in [0.5, 0.6) is 5.75 Å². The molecule has 0 spiro atoms. The van der Waals surface area contributed by atoms with Gasteiger partial charge >= 0.3 is 5.97 Å². The Labute approximate surface area is 159 Å². The fourth-order valence-corrected chi connectivity index (χ4v) is 2.49. The Morgan fingerprint density at radius 2 is 2.07 bits per heavy atom. The van der Waals surface area contributed by atoms with E-state index in [2.05, 4.69) is 11.4 Å². The summed E-state index contributed by atoms with van der Waals surface area (Å²) in [6.45, 7) is 6.11. The van der Waals surface area contributed by atoms with Gasteiger partial charge in [-0.05, 0) is 49.9 Å². The summed E-state index contributed by atoms with van der Waals surface area (Å²) < 4.78 is 16.2. The number of carbonyl (C=O) groups is 2. The van der Waals surface area contributed by atoms with Crippen molar-refractivity contribution in [2.24, 2.45) is 5.92 Å². The number of carbonyl (C=O) groups excluding carboxylic acids is 2. The third kappa shape index (κ3) is 5.97. The first-order chi connectivity index (χ1) is 12.8. The summed E-state index contributed by atoms with van der Waals surface area (Å²) in [5.74, 6) is -0.567. The van der Waals surface area contributed by atoms with Gasteiger partial charge in [0.1, 0.15) is 17.9 Å². The third-order valence-corrected chi connectivity index (χ3v) is 4.67. The van der Waals surface area contributed by atoms with Gasteiger partial charge in [-0.3, -0.25) is 4.79 Å². The zero-order valence-electron chi connectivity index (χ0n) is 16.0. The number of nitrogens with zero attached hydrogens (tertiary/aromatic N) is 1. The van der Waals surface area contributed by atoms with Gasteiger partial charge < -0.3 is 19.5 Å². The van der Waals surface area contributed by atoms with Crippen molar-refractivity contribution in [2.45, 2.75) is 45.3 Å². The van der Waals surface area contributed by atoms with Crippen molar-refractivity contribution in [1.82, 2.24) is 5.32 Å². The number of ether oxygens (including phenoxy) is 3. The summed E-state index contributed by atoms with van der Waals surface area (Å²) in [5, 5.41) is 11.8. The van der Waals surface area contributed by atoms with Crippen LogP contribution in [0.4, 0.5) is 0 Å². The summed E-state index contributed by atoms with van der Waals surface area (Å²) in [5.41, 5.74) is -0.690. The minimum atomic E-state index is -1.01. The molecule has 1 amide bonds. The van der Waals surface area contributed by atoms with Gasteiger partial charge in [-0.1, -0.05) is 13.8 Å². The van der Waals surface area contributed by atoms with Crippen molar-refractivity contribution in [1.29, 1.82) is 5.26 Å². The van der Waals surface area contributed by atoms with Gasteiger partial charge in [0.25, 0.3) is 5.91 Å². The number of hydrogen-bond acceptors (Lipinski definition) is 6. The molecule has 1 fully saturated rings. The first kappa shape index (κ1) is 20.7. The van der Waals surface area contributed by atoms with Crippen LogP contribution in [-0.4, -0.2) is 43.3 Å². The van der Waals surface area contributed by atoms with Gasteiger partial charge in [0.2, 0.25) is 0 Å². The highest BCUT2D eigenvalue weighted by molar-refractivity contribution is 5.91. The highest BCUT2D eigenvalue weighted by Gasteiger charge is 2.30. The van der Waals surface area contributed by atoms with Gasteiger partial charge in [0, 0.05) is 6.61 Å². The van der Waals surface area contributed by atoms with Gasteiger partial charge in [0.05, 0.1) is 17.7 Å². The summed E-state index contributed by atoms with van der Waals surface area (Å²) >= 11 is 0. The van der Waals surface area contributed by atoms with Crippen LogP contribution in [0, 0.1) is 17.2 Å². The van der Waals surface area contributed by atoms with E-state index in [4.69, 9.17) is 14.2 Å². The average Bonchev–Trinajstić information content (AvgIpc) is 3.18. The molecule has 0 saturated carbocycles. The zero-order valence-corrected chi connectivity index (χ0v) is 16.0. The maximum atomic E-state index is 12.1. The maximum absolute atomic E-state index is 12.1. The molecular weight excluding hydrogens is 348 g/mol. The number of amides is 1. The van der Waals surface area contributed by atoms with Crippen LogP contribution < -0.4 is 10.1 Å². The number of nitrogens with one attached hydrogen (secondary N) is 1. The molecule has 146 valence electrons. The summed E-state index contributed by atoms with van der Waals surface area (Å²) in [6.07, 6.45) is 2.17. The standard InChI is InChI=1S/C20H26N2O5/c1-14(2)20(3,13-21)22-18(23)12-27-19(24)15-6-8-16(9-7-15)26-11-17-5-4-10-25-17/h6-9,14,17H,4-5,10-12H2,1-3H3,(H,22,23)/t17-,20-/m1/s1. The van der Waals surface area contributed by atoms with Crippen LogP contribution in [0.25, 0.3) is 0 Å². The summed E-state index contributed by atoms with van der Waals surface area (Å²) in [7, 11) is 0. The molecule has 2 atom stereocenters. The lowest BCUT2D eigenvalue weighted by Gasteiger charge is -2.27. The van der Waals surface area contributed by atoms with Crippen molar-refractivity contribution in [3.8, 4) is 11.8 Å². The largest absolute Gasteiger partial charge is 0.491 e. The molecule has 1 aromatic carbocycles. The third-order valence-electron chi connectivity index (χ3n) is 4.67. The Balaban J connectivity index is 1.80. The van der Waals surface area contributed by atoms with Gasteiger partial charge in [0.15, 0.2) is 6.61 Å². The molecule has 1 aromatic rings. The number of esters is 1. The minimum absolute atomic E-state index is 0.0793. The first-order valence-electron chi connectivity index (χ1n) is 9.08. The molecular formula is C20H26N2O5. The molecule has 0 aliphatic carbocycles. The van der Waals surface area contributed by atoms with Crippen molar-refractivity contribution >= 4 is 11.9 Å². The van der Waals surface area contributed by atoms with E-state index < -0.39 is 24.0 Å². The Hall–Kier alpha value is -2.59. The number of benzene rings is 1. The van der Waals surface area contributed by atoms with Crippen LogP contribution in [0.3, 0.4) is 0 Å². The topological polar surface area (TPSA) is 97.7 Å². The number of nitriles is 1. The lowest BCUT2D eigenvalue weighted by molar-refractivity contribution is -0.125. The molecule has 1 aliphatic rings. The van der Waals surface area contributed by atoms with Crippen molar-refractivity contribution in [2.75, 3.05) is 19.8 Å². The van der Waals surface area contributed by atoms with Crippen molar-refractivity contribution in [3.05, 3.63) is 29.8 Å². The molecule has 1 saturated heterocycles. The predicted molar refractivity (Wildman–Crippen MR) is 98.2 cm³/mol. The monoisotopic (exact) mass is 374 g/mol. The highest BCUT2D eigenvalue weighted by Crippen LogP contribution is 2.17. The first-order valence-corrected chi connectivity index (χ1v) is 9.08. The number of hydrogen-bond donors (Lipinski definition) is 1. The van der Waals surface area contributed by atoms with E-state index in [0.717, 1.165) is 19.4 Å². The zero-order chi connectivity index (χ0) is 19.9. The average molecular weight is 374 g/mol. The Kier molecular flexibility index (Phi) is 7.19. The molecule has 27 heavy (non-hydrogen) atoms. The normalized spacial score (nSPS) is 18.4. The molecule has 0 aromatic heterocycles. The van der Waals surface area contributed by atoms with Crippen LogP contribution in [0.15, 0.2) is 24.3 Å². The Morgan fingerprint density at radius 3 is 2.63 bits per heavy atom. The van der Waals surface area contributed by atoms with Crippen LogP contribution in [0.1, 0.15) is 44.0 Å². The van der Waals surface area contributed by atoms with E-state index in [1.165, 1.54) is 0 Å². The number of rotatable bonds is 8. The Bertz CT molecular complexity index is 689. The van der Waals surface area contributed by atoms with Crippen molar-refractivity contribution < 1.29 is 23.8 Å². The molecule has 2 rings (SSSR count). The lowest BCUT2D eigenvalue weighted by Crippen LogP contribution is -2.50. The lowest BCUT2D eigenvalue weighted by atomic mass is 9.90. The van der Waals surface area contributed by atoms with E-state index in [-0.39, 0.29) is 12.0 Å². The smallest absolute Gasteiger partial charge is 0.338 e. The fraction of sp³-hybridized carbons (Fsp3) is 0.550. The second-order valence-corrected chi connectivity index (χ2v) is 7.06. The molecule has 0 bridgehead atoms. The van der Waals surface area contributed by atoms with E-state index in [9.17, 15) is 14.9 Å². The van der Waals surface area contributed by atoms with E-state index in [0.29, 0.717) is 17.9 Å². The van der Waals surface area contributed by atoms with E-state index in [1.807, 2.05) is 13.8 Å². The van der Waals surface area contributed by atoms with Crippen LogP contribution in [0.2, 0.25) is 0 Å². The second kappa shape index (κ2) is 9.38. The second-order valence-electron chi connectivity index (χ2n) is 7.06. The van der Waals surface area contributed by atoms with E-state index in [1.54, 1.807) is 31.2 Å². The highest BCUT2D eigenvalue weighted by atomic mass is 16.5. The predicted octanol–water partition coefficient (Wildman–Crippen LogP) is 2.46. The van der Waals surface area contributed by atoms with Gasteiger partial charge in [-0.2, -0.15) is 5.26 Å². The SMILES string of the molecule is CC(C)[C@@](C)(C#N)NC(=O)COC(=O)c1ccc(OC[C@H]2CCCO2)cc1. The summed E-state index contributed by atoms with van der Waals surface area (Å²) in [6, 6.07) is 8.59. The maximum Gasteiger partial charge on any atom is 0.338 e. The van der Waals surface area contributed by atoms with Gasteiger partial charge in [-0.25, -0.2) is 4.79 Å². The summed E-state index contributed by atoms with van der Waals surface area (Å²) in [4.78, 5) is 24.0. The molecule has 1 heterocycles. The molecule has 7 heteroatoms. The van der Waals surface area contributed by atoms with Crippen LogP contribution >= 0.6 is 0 Å². The minimum Gasteiger partial charge on any atom is -0.491 e. The molecule has 7 nitrogen and oxygen atoms in total. The van der Waals surface area contributed by atoms with Crippen LogP contribution in [-0.2, 0) is 14.3 Å². The van der Waals surface area contributed by atoms with Crippen molar-refractivity contribution in [3.63, 3.8) is 0 Å².